The van der Waals surface area contributed by atoms with Crippen LogP contribution in [0.4, 0.5) is 55.3 Å². The number of nitrogen functional groups attached to an aromatic ring is 1. The number of H-pyrrole nitrogens is 1. The lowest BCUT2D eigenvalue weighted by Gasteiger charge is -2.29. The predicted molar refractivity (Wildman–Crippen MR) is 204 cm³/mol. The minimum atomic E-state index is -5.08. The second-order valence-corrected chi connectivity index (χ2v) is 13.4. The Morgan fingerprint density at radius 3 is 1.71 bits per heavy atom. The standard InChI is InChI=1S/C32H39FN6O2.3C2HF3O2/c1-6-40-25-16-27(30(33)28(17-25)41-21-32(2,3)20-38(4)5)39(24-14-12-23(13-15-24)31(34)35)19-29-36-18-26(37-29)22-10-8-7-9-11-22;3*3-2(4,5)1(6)7/h7-18H,6,19-21H2,1-5H3,(H3,34,35)(H,36,37);3*(H,6,7). The molecule has 0 fully saturated rings. The highest BCUT2D eigenvalue weighted by Gasteiger charge is 2.39. The minimum Gasteiger partial charge on any atom is -0.494 e. The van der Waals surface area contributed by atoms with Crippen LogP contribution in [0.5, 0.6) is 11.5 Å². The van der Waals surface area contributed by atoms with Gasteiger partial charge in [-0.25, -0.2) is 23.8 Å². The van der Waals surface area contributed by atoms with Crippen molar-refractivity contribution in [2.45, 2.75) is 45.8 Å². The number of nitrogens with one attached hydrogen (secondary N) is 2. The van der Waals surface area contributed by atoms with Crippen molar-refractivity contribution in [1.82, 2.24) is 14.9 Å². The molecule has 0 aliphatic rings. The number of anilines is 2. The number of alkyl halides is 9. The number of aromatic nitrogens is 2. The number of ether oxygens (including phenoxy) is 2. The molecular weight excluding hydrogens is 858 g/mol. The number of nitrogens with zero attached hydrogens (tertiary/aromatic N) is 3. The van der Waals surface area contributed by atoms with E-state index in [2.05, 4.69) is 23.7 Å². The lowest BCUT2D eigenvalue weighted by Crippen LogP contribution is -2.33. The van der Waals surface area contributed by atoms with E-state index in [0.717, 1.165) is 17.8 Å². The van der Waals surface area contributed by atoms with Crippen molar-refractivity contribution in [2.75, 3.05) is 38.8 Å². The van der Waals surface area contributed by atoms with Crippen LogP contribution in [0, 0.1) is 16.6 Å². The zero-order valence-corrected chi connectivity index (χ0v) is 33.3. The molecule has 1 heterocycles. The van der Waals surface area contributed by atoms with Crippen LogP contribution in [0.15, 0.2) is 72.9 Å². The Hall–Kier alpha value is -6.59. The minimum absolute atomic E-state index is 0.0396. The zero-order chi connectivity index (χ0) is 47.8. The van der Waals surface area contributed by atoms with Crippen LogP contribution in [0.2, 0.25) is 0 Å². The molecule has 0 bridgehead atoms. The highest BCUT2D eigenvalue weighted by molar-refractivity contribution is 5.95. The first-order chi connectivity index (χ1) is 28.4. The molecule has 24 heteroatoms. The van der Waals surface area contributed by atoms with Gasteiger partial charge in [-0.15, -0.1) is 0 Å². The number of carboxylic acid groups (broad SMARTS) is 3. The number of hydrogen-bond donors (Lipinski definition) is 6. The quantitative estimate of drug-likeness (QED) is 0.0427. The molecule has 0 aliphatic carbocycles. The Labute approximate surface area is 347 Å². The van der Waals surface area contributed by atoms with E-state index in [0.29, 0.717) is 36.0 Å². The van der Waals surface area contributed by atoms with Crippen molar-refractivity contribution in [3.63, 3.8) is 0 Å². The zero-order valence-electron chi connectivity index (χ0n) is 33.3. The van der Waals surface area contributed by atoms with Crippen LogP contribution in [-0.4, -0.2) is 106 Å². The fourth-order valence-electron chi connectivity index (χ4n) is 4.77. The van der Waals surface area contributed by atoms with Gasteiger partial charge < -0.3 is 45.3 Å². The SMILES string of the molecule is CCOc1cc(OCC(C)(C)CN(C)C)c(F)c(N(Cc2nc(-c3ccccc3)c[nH]2)c2ccc(C(=N)N)cc2)c1.O=C(O)C(F)(F)F.O=C(O)C(F)(F)F.O=C(O)C(F)(F)F. The maximum atomic E-state index is 16.3. The average molecular weight is 901 g/mol. The van der Waals surface area contributed by atoms with Crippen molar-refractivity contribution < 1.29 is 83.1 Å². The van der Waals surface area contributed by atoms with Gasteiger partial charge in [-0.3, -0.25) is 5.41 Å². The van der Waals surface area contributed by atoms with Gasteiger partial charge in [0.05, 0.1) is 31.1 Å². The fraction of sp³-hybridized carbons (Fsp3) is 0.342. The molecule has 14 nitrogen and oxygen atoms in total. The number of aliphatic carboxylic acids is 3. The molecule has 0 amide bonds. The molecule has 3 aromatic carbocycles. The van der Waals surface area contributed by atoms with Crippen LogP contribution >= 0.6 is 0 Å². The molecule has 0 radical (unpaired) electrons. The van der Waals surface area contributed by atoms with Crippen molar-refractivity contribution in [1.29, 1.82) is 5.41 Å². The van der Waals surface area contributed by atoms with Crippen molar-refractivity contribution in [2.24, 2.45) is 11.1 Å². The number of benzene rings is 3. The highest BCUT2D eigenvalue weighted by Crippen LogP contribution is 2.38. The Bertz CT molecular complexity index is 2020. The van der Waals surface area contributed by atoms with Crippen LogP contribution < -0.4 is 20.1 Å². The maximum Gasteiger partial charge on any atom is 0.490 e. The van der Waals surface area contributed by atoms with Gasteiger partial charge in [0.15, 0.2) is 11.6 Å². The van der Waals surface area contributed by atoms with E-state index in [1.165, 1.54) is 0 Å². The summed E-state index contributed by atoms with van der Waals surface area (Å²) in [6, 6.07) is 20.2. The van der Waals surface area contributed by atoms with Crippen molar-refractivity contribution in [3.05, 3.63) is 90.1 Å². The number of carboxylic acids is 3. The third-order valence-corrected chi connectivity index (χ3v) is 7.18. The third kappa shape index (κ3) is 18.8. The first kappa shape index (κ1) is 53.4. The number of imidazole rings is 1. The van der Waals surface area contributed by atoms with Crippen LogP contribution in [0.1, 0.15) is 32.2 Å². The molecule has 4 aromatic rings. The first-order valence-electron chi connectivity index (χ1n) is 17.4. The monoisotopic (exact) mass is 900 g/mol. The molecule has 342 valence electrons. The molecule has 0 saturated heterocycles. The summed E-state index contributed by atoms with van der Waals surface area (Å²) in [4.78, 5) is 38.6. The van der Waals surface area contributed by atoms with Crippen molar-refractivity contribution >= 4 is 35.1 Å². The number of amidine groups is 1. The molecule has 0 spiro atoms. The Balaban J connectivity index is 0.000000751. The van der Waals surface area contributed by atoms with Gasteiger partial charge in [-0.2, -0.15) is 39.5 Å². The van der Waals surface area contributed by atoms with Gasteiger partial charge in [-0.05, 0) is 45.3 Å². The summed E-state index contributed by atoms with van der Waals surface area (Å²) in [6.07, 6.45) is -13.4. The van der Waals surface area contributed by atoms with Gasteiger partial charge >= 0.3 is 36.4 Å². The van der Waals surface area contributed by atoms with E-state index in [1.807, 2.05) is 74.6 Å². The highest BCUT2D eigenvalue weighted by atomic mass is 19.4. The molecule has 62 heavy (non-hydrogen) atoms. The largest absolute Gasteiger partial charge is 0.494 e. The van der Waals surface area contributed by atoms with Gasteiger partial charge in [0.1, 0.15) is 17.4 Å². The normalized spacial score (nSPS) is 11.4. The predicted octanol–water partition coefficient (Wildman–Crippen LogP) is 8.10. The van der Waals surface area contributed by atoms with E-state index < -0.39 is 42.3 Å². The topological polar surface area (TPSA) is 215 Å². The molecule has 1 aromatic heterocycles. The fourth-order valence-corrected chi connectivity index (χ4v) is 4.77. The molecule has 7 N–H and O–H groups in total. The molecule has 0 aliphatic heterocycles. The summed E-state index contributed by atoms with van der Waals surface area (Å²) in [5, 5.41) is 29.1. The number of rotatable bonds is 13. The van der Waals surface area contributed by atoms with Crippen LogP contribution in [-0.2, 0) is 20.9 Å². The molecule has 0 unspecified atom stereocenters. The van der Waals surface area contributed by atoms with E-state index in [1.54, 1.807) is 24.3 Å². The maximum absolute atomic E-state index is 16.3. The number of nitrogens with two attached hydrogens (primary N) is 1. The van der Waals surface area contributed by atoms with Crippen LogP contribution in [0.3, 0.4) is 0 Å². The summed E-state index contributed by atoms with van der Waals surface area (Å²) in [5.74, 6) is -7.55. The van der Waals surface area contributed by atoms with Gasteiger partial charge in [0.25, 0.3) is 0 Å². The third-order valence-electron chi connectivity index (χ3n) is 7.18. The summed E-state index contributed by atoms with van der Waals surface area (Å²) >= 11 is 0. The smallest absolute Gasteiger partial charge is 0.490 e. The lowest BCUT2D eigenvalue weighted by molar-refractivity contribution is -0.193. The molecule has 0 saturated carbocycles. The second-order valence-electron chi connectivity index (χ2n) is 13.4. The summed E-state index contributed by atoms with van der Waals surface area (Å²) in [7, 11) is 4.01. The Kier molecular flexibility index (Phi) is 19.7. The molecule has 0 atom stereocenters. The van der Waals surface area contributed by atoms with Gasteiger partial charge in [0, 0.05) is 47.1 Å². The molecular formula is C38H42F10N6O8. The van der Waals surface area contributed by atoms with E-state index in [-0.39, 0.29) is 29.2 Å². The second kappa shape index (κ2) is 22.9. The first-order valence-corrected chi connectivity index (χ1v) is 17.4. The lowest BCUT2D eigenvalue weighted by atomic mass is 9.94. The number of aromatic amines is 1. The van der Waals surface area contributed by atoms with E-state index >= 15 is 4.39 Å². The summed E-state index contributed by atoms with van der Waals surface area (Å²) in [6.45, 7) is 7.82. The van der Waals surface area contributed by atoms with Crippen LogP contribution in [0.25, 0.3) is 11.3 Å². The summed E-state index contributed by atoms with van der Waals surface area (Å²) in [5.41, 5.74) is 8.81. The average Bonchev–Trinajstić information content (AvgIpc) is 3.62. The van der Waals surface area contributed by atoms with Gasteiger partial charge in [0.2, 0.25) is 0 Å². The van der Waals surface area contributed by atoms with E-state index in [4.69, 9.17) is 55.3 Å². The number of hydrogen-bond acceptors (Lipinski definition) is 9. The number of halogens is 10. The molecule has 4 rings (SSSR count). The Morgan fingerprint density at radius 2 is 1.29 bits per heavy atom. The Morgan fingerprint density at radius 1 is 0.806 bits per heavy atom. The van der Waals surface area contributed by atoms with E-state index in [9.17, 15) is 39.5 Å². The van der Waals surface area contributed by atoms with Crippen molar-refractivity contribution in [3.8, 4) is 22.8 Å². The summed E-state index contributed by atoms with van der Waals surface area (Å²) < 4.78 is 123. The number of carbonyl (C=O) groups is 3. The van der Waals surface area contributed by atoms with Gasteiger partial charge in [-0.1, -0.05) is 44.2 Å².